The summed E-state index contributed by atoms with van der Waals surface area (Å²) < 4.78 is 44.8. The molecule has 0 bridgehead atoms. The monoisotopic (exact) mass is 589 g/mol. The van der Waals surface area contributed by atoms with Crippen LogP contribution >= 0.6 is 11.6 Å². The number of halogens is 1. The van der Waals surface area contributed by atoms with Gasteiger partial charge in [-0.2, -0.15) is 0 Å². The van der Waals surface area contributed by atoms with E-state index in [-0.39, 0.29) is 44.3 Å². The number of nitrogens with zero attached hydrogens (tertiary/aromatic N) is 2. The molecule has 0 atom stereocenters. The maximum Gasteiger partial charge on any atom is 0.265 e. The second kappa shape index (κ2) is 13.4. The van der Waals surface area contributed by atoms with E-state index >= 15 is 0 Å². The molecule has 10 nitrogen and oxygen atoms in total. The number of carbonyl (C=O) groups is 2. The van der Waals surface area contributed by atoms with Crippen LogP contribution in [0.25, 0.3) is 0 Å². The number of methoxy groups -OCH3 is 3. The second-order valence-corrected chi connectivity index (χ2v) is 10.7. The van der Waals surface area contributed by atoms with Gasteiger partial charge in [0.25, 0.3) is 15.9 Å². The van der Waals surface area contributed by atoms with E-state index in [1.54, 1.807) is 35.2 Å². The van der Waals surface area contributed by atoms with Crippen molar-refractivity contribution in [2.75, 3.05) is 50.6 Å². The van der Waals surface area contributed by atoms with Gasteiger partial charge in [0.1, 0.15) is 12.3 Å². The number of ether oxygens (including phenoxy) is 3. The summed E-state index contributed by atoms with van der Waals surface area (Å²) in [4.78, 5) is 27.9. The molecule has 0 unspecified atom stereocenters. The highest BCUT2D eigenvalue weighted by molar-refractivity contribution is 7.92. The Bertz CT molecular complexity index is 1480. The molecule has 0 aromatic heterocycles. The molecule has 0 aliphatic rings. The quantitative estimate of drug-likeness (QED) is 0.326. The molecule has 3 aromatic rings. The topological polar surface area (TPSA) is 114 Å². The Labute approximate surface area is 239 Å². The molecule has 3 aromatic carbocycles. The largest absolute Gasteiger partial charge is 0.495 e. The van der Waals surface area contributed by atoms with E-state index in [9.17, 15) is 18.0 Å². The third kappa shape index (κ3) is 6.60. The van der Waals surface area contributed by atoms with Gasteiger partial charge in [0.2, 0.25) is 5.91 Å². The Hall–Kier alpha value is -3.96. The van der Waals surface area contributed by atoms with Crippen LogP contribution in [0.2, 0.25) is 5.02 Å². The predicted molar refractivity (Wildman–Crippen MR) is 154 cm³/mol. The molecule has 0 radical (unpaired) electrons. The first-order valence-corrected chi connectivity index (χ1v) is 14.2. The number of carbonyl (C=O) groups excluding carboxylic acids is 2. The van der Waals surface area contributed by atoms with Gasteiger partial charge in [-0.1, -0.05) is 23.7 Å². The maximum atomic E-state index is 14.0. The summed E-state index contributed by atoms with van der Waals surface area (Å²) in [5.74, 6) is -0.244. The van der Waals surface area contributed by atoms with Crippen molar-refractivity contribution in [3.63, 3.8) is 0 Å². The normalized spacial score (nSPS) is 10.9. The molecule has 40 heavy (non-hydrogen) atoms. The van der Waals surface area contributed by atoms with E-state index < -0.39 is 22.5 Å². The number of anilines is 2. The predicted octanol–water partition coefficient (Wildman–Crippen LogP) is 4.68. The fraction of sp³-hybridized carbons (Fsp3) is 0.286. The van der Waals surface area contributed by atoms with Gasteiger partial charge >= 0.3 is 0 Å². The Morgan fingerprint density at radius 3 is 2.10 bits per heavy atom. The number of nitrogens with one attached hydrogen (secondary N) is 1. The van der Waals surface area contributed by atoms with Gasteiger partial charge in [-0.25, -0.2) is 8.42 Å². The molecule has 214 valence electrons. The zero-order chi connectivity index (χ0) is 29.4. The van der Waals surface area contributed by atoms with Crippen molar-refractivity contribution >= 4 is 44.8 Å². The molecule has 3 rings (SSSR count). The first kappa shape index (κ1) is 30.6. The van der Waals surface area contributed by atoms with E-state index in [1.165, 1.54) is 51.7 Å². The van der Waals surface area contributed by atoms with Gasteiger partial charge in [0.05, 0.1) is 43.2 Å². The van der Waals surface area contributed by atoms with Crippen LogP contribution in [-0.2, 0) is 14.8 Å². The molecular formula is C28H32ClN3O7S. The van der Waals surface area contributed by atoms with E-state index in [1.807, 2.05) is 13.8 Å². The van der Waals surface area contributed by atoms with Gasteiger partial charge in [0, 0.05) is 24.2 Å². The number of hydrogen-bond acceptors (Lipinski definition) is 7. The summed E-state index contributed by atoms with van der Waals surface area (Å²) in [6, 6.07) is 15.1. The van der Waals surface area contributed by atoms with Crippen LogP contribution in [-0.4, -0.2) is 66.1 Å². The summed E-state index contributed by atoms with van der Waals surface area (Å²) in [6.45, 7) is 4.05. The van der Waals surface area contributed by atoms with E-state index in [2.05, 4.69) is 5.32 Å². The van der Waals surface area contributed by atoms with Crippen LogP contribution in [0.5, 0.6) is 17.2 Å². The van der Waals surface area contributed by atoms with Gasteiger partial charge in [-0.3, -0.25) is 13.9 Å². The number of hydrogen-bond donors (Lipinski definition) is 1. The molecule has 0 fully saturated rings. The second-order valence-electron chi connectivity index (χ2n) is 8.42. The van der Waals surface area contributed by atoms with Crippen molar-refractivity contribution in [2.24, 2.45) is 0 Å². The van der Waals surface area contributed by atoms with Crippen LogP contribution in [0.4, 0.5) is 11.4 Å². The minimum Gasteiger partial charge on any atom is -0.495 e. The Morgan fingerprint density at radius 2 is 1.48 bits per heavy atom. The van der Waals surface area contributed by atoms with Crippen molar-refractivity contribution in [1.82, 2.24) is 4.90 Å². The van der Waals surface area contributed by atoms with Gasteiger partial charge in [-0.05, 0) is 56.3 Å². The van der Waals surface area contributed by atoms with Crippen molar-refractivity contribution < 1.29 is 32.2 Å². The zero-order valence-electron chi connectivity index (χ0n) is 22.9. The van der Waals surface area contributed by atoms with Crippen LogP contribution < -0.4 is 23.8 Å². The number of amides is 2. The highest BCUT2D eigenvalue weighted by Crippen LogP contribution is 2.37. The van der Waals surface area contributed by atoms with Crippen molar-refractivity contribution in [1.29, 1.82) is 0 Å². The standard InChI is InChI=1S/C28H32ClN3O7S/c1-6-31(7-2)28(34)21-10-8-9-11-22(21)30-27(33)18-32(23-16-19(29)12-14-24(23)37-3)40(35,36)20-13-15-25(38-4)26(17-20)39-5/h8-17H,6-7,18H2,1-5H3,(H,30,33). The molecule has 0 aliphatic carbocycles. The fourth-order valence-electron chi connectivity index (χ4n) is 4.04. The Morgan fingerprint density at radius 1 is 0.850 bits per heavy atom. The van der Waals surface area contributed by atoms with Crippen LogP contribution in [0, 0.1) is 0 Å². The average molecular weight is 590 g/mol. The Kier molecular flexibility index (Phi) is 10.2. The number of benzene rings is 3. The molecule has 0 saturated carbocycles. The zero-order valence-corrected chi connectivity index (χ0v) is 24.5. The van der Waals surface area contributed by atoms with E-state index in [0.29, 0.717) is 18.8 Å². The highest BCUT2D eigenvalue weighted by Gasteiger charge is 2.31. The van der Waals surface area contributed by atoms with E-state index in [0.717, 1.165) is 4.31 Å². The lowest BCUT2D eigenvalue weighted by Crippen LogP contribution is -2.39. The molecule has 0 heterocycles. The van der Waals surface area contributed by atoms with E-state index in [4.69, 9.17) is 25.8 Å². The van der Waals surface area contributed by atoms with Gasteiger partial charge in [0.15, 0.2) is 11.5 Å². The molecule has 2 amide bonds. The summed E-state index contributed by atoms with van der Waals surface area (Å²) >= 11 is 6.22. The van der Waals surface area contributed by atoms with Gasteiger partial charge < -0.3 is 24.4 Å². The molecular weight excluding hydrogens is 558 g/mol. The van der Waals surface area contributed by atoms with Crippen molar-refractivity contribution in [3.05, 3.63) is 71.2 Å². The Balaban J connectivity index is 2.07. The third-order valence-electron chi connectivity index (χ3n) is 6.12. The maximum absolute atomic E-state index is 14.0. The first-order valence-electron chi connectivity index (χ1n) is 12.4. The average Bonchev–Trinajstić information content (AvgIpc) is 2.96. The smallest absolute Gasteiger partial charge is 0.265 e. The lowest BCUT2D eigenvalue weighted by Gasteiger charge is -2.26. The first-order chi connectivity index (χ1) is 19.1. The summed E-state index contributed by atoms with van der Waals surface area (Å²) in [6.07, 6.45) is 0. The van der Waals surface area contributed by atoms with Crippen LogP contribution in [0.1, 0.15) is 24.2 Å². The minimum absolute atomic E-state index is 0.0486. The van der Waals surface area contributed by atoms with Crippen LogP contribution in [0.15, 0.2) is 65.6 Å². The summed E-state index contributed by atoms with van der Waals surface area (Å²) in [7, 11) is -0.177. The minimum atomic E-state index is -4.37. The number of para-hydroxylation sites is 1. The molecule has 0 saturated heterocycles. The summed E-state index contributed by atoms with van der Waals surface area (Å²) in [5, 5.41) is 2.94. The van der Waals surface area contributed by atoms with Crippen LogP contribution in [0.3, 0.4) is 0 Å². The van der Waals surface area contributed by atoms with Crippen molar-refractivity contribution in [3.8, 4) is 17.2 Å². The SMILES string of the molecule is CCN(CC)C(=O)c1ccccc1NC(=O)CN(c1cc(Cl)ccc1OC)S(=O)(=O)c1ccc(OC)c(OC)c1. The summed E-state index contributed by atoms with van der Waals surface area (Å²) in [5.41, 5.74) is 0.590. The highest BCUT2D eigenvalue weighted by atomic mass is 35.5. The lowest BCUT2D eigenvalue weighted by molar-refractivity contribution is -0.114. The number of rotatable bonds is 12. The van der Waals surface area contributed by atoms with Gasteiger partial charge in [-0.15, -0.1) is 0 Å². The molecule has 1 N–H and O–H groups in total. The third-order valence-corrected chi connectivity index (χ3v) is 8.11. The van der Waals surface area contributed by atoms with Crippen molar-refractivity contribution in [2.45, 2.75) is 18.7 Å². The fourth-order valence-corrected chi connectivity index (χ4v) is 5.65. The molecule has 12 heteroatoms. The molecule has 0 aliphatic heterocycles. The number of sulfonamides is 1. The lowest BCUT2D eigenvalue weighted by atomic mass is 10.1. The molecule has 0 spiro atoms.